The fourth-order valence-corrected chi connectivity index (χ4v) is 1.91. The van der Waals surface area contributed by atoms with Crippen molar-refractivity contribution in [1.82, 2.24) is 9.97 Å². The van der Waals surface area contributed by atoms with Crippen molar-refractivity contribution in [3.63, 3.8) is 0 Å². The first-order chi connectivity index (χ1) is 8.20. The monoisotopic (exact) mass is 232 g/mol. The Hall–Kier alpha value is -1.35. The van der Waals surface area contributed by atoms with Gasteiger partial charge < -0.3 is 9.72 Å². The number of aromatic nitrogens is 2. The Bertz CT molecular complexity index is 490. The second-order valence-electron chi connectivity index (χ2n) is 4.47. The van der Waals surface area contributed by atoms with E-state index in [0.717, 1.165) is 29.9 Å². The molecular weight excluding hydrogens is 212 g/mol. The third-order valence-electron chi connectivity index (χ3n) is 2.96. The van der Waals surface area contributed by atoms with Gasteiger partial charge in [-0.3, -0.25) is 0 Å². The van der Waals surface area contributed by atoms with Crippen LogP contribution in [0.1, 0.15) is 44.2 Å². The number of hydrogen-bond acceptors (Lipinski definition) is 2. The maximum atomic E-state index is 5.79. The molecule has 0 fully saturated rings. The Morgan fingerprint density at radius 2 is 2.24 bits per heavy atom. The third-order valence-corrected chi connectivity index (χ3v) is 2.96. The molecule has 3 heteroatoms. The van der Waals surface area contributed by atoms with Crippen LogP contribution in [0.2, 0.25) is 0 Å². The molecule has 3 nitrogen and oxygen atoms in total. The van der Waals surface area contributed by atoms with Gasteiger partial charge in [-0.1, -0.05) is 19.4 Å². The zero-order valence-corrected chi connectivity index (χ0v) is 10.8. The Morgan fingerprint density at radius 1 is 1.41 bits per heavy atom. The van der Waals surface area contributed by atoms with E-state index in [2.05, 4.69) is 35.9 Å². The number of unbranched alkanes of at least 4 members (excludes halogenated alkanes) is 1. The number of aryl methyl sites for hydroxylation is 1. The molecule has 0 aliphatic rings. The van der Waals surface area contributed by atoms with Crippen LogP contribution in [0.15, 0.2) is 18.2 Å². The third kappa shape index (κ3) is 2.86. The van der Waals surface area contributed by atoms with Crippen molar-refractivity contribution >= 4 is 11.0 Å². The zero-order chi connectivity index (χ0) is 12.3. The summed E-state index contributed by atoms with van der Waals surface area (Å²) < 4.78 is 5.79. The topological polar surface area (TPSA) is 37.9 Å². The van der Waals surface area contributed by atoms with Gasteiger partial charge in [0.05, 0.1) is 17.1 Å². The lowest BCUT2D eigenvalue weighted by Gasteiger charge is -2.13. The van der Waals surface area contributed by atoms with Crippen molar-refractivity contribution in [2.75, 3.05) is 6.61 Å². The van der Waals surface area contributed by atoms with Gasteiger partial charge in [0, 0.05) is 6.61 Å². The summed E-state index contributed by atoms with van der Waals surface area (Å²) >= 11 is 0. The number of fused-ring (bicyclic) bond motifs is 1. The molecule has 0 spiro atoms. The average Bonchev–Trinajstić information content (AvgIpc) is 2.68. The highest BCUT2D eigenvalue weighted by Crippen LogP contribution is 2.21. The summed E-state index contributed by atoms with van der Waals surface area (Å²) in [7, 11) is 0. The molecule has 92 valence electrons. The second kappa shape index (κ2) is 5.32. The van der Waals surface area contributed by atoms with E-state index in [4.69, 9.17) is 4.74 Å². The highest BCUT2D eigenvalue weighted by Gasteiger charge is 2.07. The molecule has 2 aromatic rings. The molecule has 0 amide bonds. The molecule has 0 radical (unpaired) electrons. The number of ether oxygens (including phenoxy) is 1. The normalized spacial score (nSPS) is 13.1. The minimum Gasteiger partial charge on any atom is -0.374 e. The zero-order valence-electron chi connectivity index (χ0n) is 10.8. The molecule has 1 unspecified atom stereocenters. The van der Waals surface area contributed by atoms with E-state index in [0.29, 0.717) is 0 Å². The van der Waals surface area contributed by atoms with Gasteiger partial charge in [0.15, 0.2) is 0 Å². The van der Waals surface area contributed by atoms with Gasteiger partial charge in [-0.05, 0) is 38.0 Å². The van der Waals surface area contributed by atoms with Crippen molar-refractivity contribution < 1.29 is 4.74 Å². The maximum Gasteiger partial charge on any atom is 0.104 e. The molecule has 17 heavy (non-hydrogen) atoms. The summed E-state index contributed by atoms with van der Waals surface area (Å²) in [5.74, 6) is 0.955. The molecule has 0 aliphatic heterocycles. The number of H-pyrrole nitrogens is 1. The lowest BCUT2D eigenvalue weighted by Crippen LogP contribution is -2.01. The minimum atomic E-state index is 0.148. The summed E-state index contributed by atoms with van der Waals surface area (Å²) in [6, 6.07) is 6.28. The molecule has 2 rings (SSSR count). The van der Waals surface area contributed by atoms with Crippen LogP contribution in [0.4, 0.5) is 0 Å². The fraction of sp³-hybridized carbons (Fsp3) is 0.500. The summed E-state index contributed by atoms with van der Waals surface area (Å²) in [6.45, 7) is 7.08. The predicted octanol–water partition coefficient (Wildman–Crippen LogP) is 3.75. The summed E-state index contributed by atoms with van der Waals surface area (Å²) in [5, 5.41) is 0. The Balaban J connectivity index is 2.12. The van der Waals surface area contributed by atoms with Crippen molar-refractivity contribution in [3.05, 3.63) is 29.6 Å². The Kier molecular flexibility index (Phi) is 3.79. The fourth-order valence-electron chi connectivity index (χ4n) is 1.91. The van der Waals surface area contributed by atoms with E-state index in [-0.39, 0.29) is 6.10 Å². The van der Waals surface area contributed by atoms with E-state index in [1.54, 1.807) is 0 Å². The largest absolute Gasteiger partial charge is 0.374 e. The summed E-state index contributed by atoms with van der Waals surface area (Å²) in [6.07, 6.45) is 2.44. The quantitative estimate of drug-likeness (QED) is 0.797. The van der Waals surface area contributed by atoms with E-state index in [1.165, 1.54) is 12.0 Å². The van der Waals surface area contributed by atoms with Crippen LogP contribution >= 0.6 is 0 Å². The van der Waals surface area contributed by atoms with Crippen molar-refractivity contribution in [3.8, 4) is 0 Å². The van der Waals surface area contributed by atoms with Gasteiger partial charge in [0.25, 0.3) is 0 Å². The van der Waals surface area contributed by atoms with E-state index in [1.807, 2.05) is 13.0 Å². The van der Waals surface area contributed by atoms with Crippen molar-refractivity contribution in [2.45, 2.75) is 39.7 Å². The minimum absolute atomic E-state index is 0.148. The van der Waals surface area contributed by atoms with Crippen LogP contribution in [0, 0.1) is 6.92 Å². The second-order valence-corrected chi connectivity index (χ2v) is 4.47. The lowest BCUT2D eigenvalue weighted by atomic mass is 10.1. The van der Waals surface area contributed by atoms with E-state index >= 15 is 0 Å². The van der Waals surface area contributed by atoms with Crippen LogP contribution in [0.3, 0.4) is 0 Å². The number of rotatable bonds is 5. The molecule has 1 heterocycles. The average molecular weight is 232 g/mol. The predicted molar refractivity (Wildman–Crippen MR) is 70.1 cm³/mol. The number of nitrogens with one attached hydrogen (secondary N) is 1. The molecular formula is C14H20N2O. The van der Waals surface area contributed by atoms with Crippen LogP contribution < -0.4 is 0 Å². The van der Waals surface area contributed by atoms with Gasteiger partial charge in [-0.15, -0.1) is 0 Å². The smallest absolute Gasteiger partial charge is 0.104 e. The van der Waals surface area contributed by atoms with Gasteiger partial charge in [-0.2, -0.15) is 0 Å². The van der Waals surface area contributed by atoms with Crippen molar-refractivity contribution in [2.24, 2.45) is 0 Å². The molecule has 0 aliphatic carbocycles. The first-order valence-electron chi connectivity index (χ1n) is 6.28. The van der Waals surface area contributed by atoms with Crippen LogP contribution in [0.5, 0.6) is 0 Å². The number of benzene rings is 1. The van der Waals surface area contributed by atoms with Gasteiger partial charge in [0.2, 0.25) is 0 Å². The number of aromatic amines is 1. The Morgan fingerprint density at radius 3 is 3.00 bits per heavy atom. The maximum absolute atomic E-state index is 5.79. The summed E-state index contributed by atoms with van der Waals surface area (Å²) in [5.41, 5.74) is 3.32. The highest BCUT2D eigenvalue weighted by atomic mass is 16.5. The van der Waals surface area contributed by atoms with Crippen LogP contribution in [0.25, 0.3) is 11.0 Å². The molecule has 0 saturated carbocycles. The molecule has 1 aromatic heterocycles. The number of nitrogens with zero attached hydrogens (tertiary/aromatic N) is 1. The highest BCUT2D eigenvalue weighted by molar-refractivity contribution is 5.75. The molecule has 1 atom stereocenters. The first kappa shape index (κ1) is 12.1. The standard InChI is InChI=1S/C14H20N2O/c1-4-5-8-17-10(2)12-6-7-13-14(9-12)16-11(3)15-13/h6-7,9-10H,4-5,8H2,1-3H3,(H,15,16). The summed E-state index contributed by atoms with van der Waals surface area (Å²) in [4.78, 5) is 7.65. The lowest BCUT2D eigenvalue weighted by molar-refractivity contribution is 0.0638. The van der Waals surface area contributed by atoms with E-state index < -0.39 is 0 Å². The number of imidazole rings is 1. The van der Waals surface area contributed by atoms with Gasteiger partial charge in [-0.25, -0.2) is 4.98 Å². The molecule has 1 aromatic carbocycles. The first-order valence-corrected chi connectivity index (χ1v) is 6.28. The van der Waals surface area contributed by atoms with E-state index in [9.17, 15) is 0 Å². The Labute approximate surface area is 102 Å². The van der Waals surface area contributed by atoms with Crippen LogP contribution in [-0.2, 0) is 4.74 Å². The van der Waals surface area contributed by atoms with Crippen LogP contribution in [-0.4, -0.2) is 16.6 Å². The van der Waals surface area contributed by atoms with Gasteiger partial charge in [0.1, 0.15) is 5.82 Å². The molecule has 0 saturated heterocycles. The van der Waals surface area contributed by atoms with Gasteiger partial charge >= 0.3 is 0 Å². The van der Waals surface area contributed by atoms with Crippen molar-refractivity contribution in [1.29, 1.82) is 0 Å². The number of hydrogen-bond donors (Lipinski definition) is 1. The molecule has 0 bridgehead atoms. The SMILES string of the molecule is CCCCOC(C)c1ccc2nc(C)[nH]c2c1. The molecule has 1 N–H and O–H groups in total.